The number of urea groups is 1. The lowest BCUT2D eigenvalue weighted by atomic mass is 10.1. The van der Waals surface area contributed by atoms with Crippen LogP contribution in [-0.4, -0.2) is 33.8 Å². The third-order valence-corrected chi connectivity index (χ3v) is 5.29. The molecule has 3 rings (SSSR count). The fraction of sp³-hybridized carbons (Fsp3) is 0.250. The van der Waals surface area contributed by atoms with Gasteiger partial charge < -0.3 is 9.88 Å². The smallest absolute Gasteiger partial charge is 0.321 e. The van der Waals surface area contributed by atoms with Crippen molar-refractivity contribution in [1.29, 1.82) is 0 Å². The minimum absolute atomic E-state index is 0.346. The number of hydrogen-bond donors (Lipinski definition) is 2. The first-order chi connectivity index (χ1) is 13.1. The Kier molecular flexibility index (Phi) is 6.13. The molecule has 0 spiro atoms. The molecule has 2 N–H and O–H groups in total. The summed E-state index contributed by atoms with van der Waals surface area (Å²) in [5.74, 6) is -0.346. The molecule has 0 aliphatic carbocycles. The molecule has 0 saturated carbocycles. The van der Waals surface area contributed by atoms with Gasteiger partial charge in [-0.15, -0.1) is 0 Å². The van der Waals surface area contributed by atoms with Crippen LogP contribution in [0.2, 0.25) is 0 Å². The van der Waals surface area contributed by atoms with Gasteiger partial charge in [-0.2, -0.15) is 0 Å². The predicted molar refractivity (Wildman–Crippen MR) is 108 cm³/mol. The maximum atomic E-state index is 12.2. The Bertz CT molecular complexity index is 940. The second-order valence-electron chi connectivity index (χ2n) is 6.10. The molecule has 0 saturated heterocycles. The molecule has 0 radical (unpaired) electrons. The average Bonchev–Trinajstić information content (AvgIpc) is 3.03. The number of carbonyl (C=O) groups is 2. The Morgan fingerprint density at radius 3 is 2.56 bits per heavy atom. The van der Waals surface area contributed by atoms with Gasteiger partial charge in [0.2, 0.25) is 5.91 Å². The number of benzene rings is 2. The minimum atomic E-state index is -0.509. The molecule has 1 aromatic heterocycles. The van der Waals surface area contributed by atoms with Gasteiger partial charge in [0, 0.05) is 13.6 Å². The highest BCUT2D eigenvalue weighted by molar-refractivity contribution is 8.00. The summed E-state index contributed by atoms with van der Waals surface area (Å²) >= 11 is 1.35. The van der Waals surface area contributed by atoms with Crippen LogP contribution in [0.1, 0.15) is 12.5 Å². The monoisotopic (exact) mass is 382 g/mol. The second kappa shape index (κ2) is 8.73. The number of thioether (sulfide) groups is 1. The van der Waals surface area contributed by atoms with E-state index in [1.165, 1.54) is 24.4 Å². The van der Waals surface area contributed by atoms with Crippen molar-refractivity contribution in [3.05, 3.63) is 60.2 Å². The van der Waals surface area contributed by atoms with E-state index in [0.29, 0.717) is 0 Å². The zero-order chi connectivity index (χ0) is 19.2. The number of amides is 3. The van der Waals surface area contributed by atoms with E-state index < -0.39 is 11.3 Å². The molecule has 0 bridgehead atoms. The molecule has 2 aromatic carbocycles. The van der Waals surface area contributed by atoms with Gasteiger partial charge in [0.25, 0.3) is 0 Å². The van der Waals surface area contributed by atoms with E-state index in [1.54, 1.807) is 6.92 Å². The van der Waals surface area contributed by atoms with Crippen LogP contribution >= 0.6 is 11.8 Å². The Labute approximate surface area is 162 Å². The Morgan fingerprint density at radius 1 is 1.11 bits per heavy atom. The van der Waals surface area contributed by atoms with E-state index in [0.717, 1.165) is 29.2 Å². The SMILES string of the molecule is CNC(=O)NC(=O)C(C)Sc1nc2ccccc2n1CCc1ccccc1. The molecule has 6 nitrogen and oxygen atoms in total. The van der Waals surface area contributed by atoms with E-state index in [1.807, 2.05) is 42.5 Å². The summed E-state index contributed by atoms with van der Waals surface area (Å²) < 4.78 is 2.14. The predicted octanol–water partition coefficient (Wildman–Crippen LogP) is 3.22. The number of para-hydroxylation sites is 2. The van der Waals surface area contributed by atoms with Crippen molar-refractivity contribution in [3.8, 4) is 0 Å². The summed E-state index contributed by atoms with van der Waals surface area (Å²) in [5, 5.41) is 5.02. The number of carbonyl (C=O) groups excluding carboxylic acids is 2. The number of nitrogens with one attached hydrogen (secondary N) is 2. The summed E-state index contributed by atoms with van der Waals surface area (Å²) in [6, 6.07) is 17.7. The van der Waals surface area contributed by atoms with E-state index >= 15 is 0 Å². The van der Waals surface area contributed by atoms with Crippen LogP contribution in [-0.2, 0) is 17.8 Å². The first-order valence-corrected chi connectivity index (χ1v) is 9.65. The molecule has 0 fully saturated rings. The maximum absolute atomic E-state index is 12.2. The topological polar surface area (TPSA) is 76.0 Å². The van der Waals surface area contributed by atoms with Crippen molar-refractivity contribution in [3.63, 3.8) is 0 Å². The fourth-order valence-corrected chi connectivity index (χ4v) is 3.68. The zero-order valence-electron chi connectivity index (χ0n) is 15.3. The van der Waals surface area contributed by atoms with Crippen LogP contribution in [0.3, 0.4) is 0 Å². The van der Waals surface area contributed by atoms with Crippen molar-refractivity contribution < 1.29 is 9.59 Å². The van der Waals surface area contributed by atoms with Crippen LogP contribution in [0, 0.1) is 0 Å². The molecule has 0 aliphatic heterocycles. The molecule has 27 heavy (non-hydrogen) atoms. The molecule has 7 heteroatoms. The average molecular weight is 382 g/mol. The second-order valence-corrected chi connectivity index (χ2v) is 7.41. The molecular weight excluding hydrogens is 360 g/mol. The molecular formula is C20H22N4O2S. The standard InChI is InChI=1S/C20H22N4O2S/c1-14(18(25)23-19(26)21-2)27-20-22-16-10-6-7-11-17(16)24(20)13-12-15-8-4-3-5-9-15/h3-11,14H,12-13H2,1-2H3,(H2,21,23,25,26). The van der Waals surface area contributed by atoms with Crippen molar-refractivity contribution in [2.75, 3.05) is 7.05 Å². The summed E-state index contributed by atoms with van der Waals surface area (Å²) in [4.78, 5) is 28.3. The molecule has 3 aromatic rings. The number of rotatable bonds is 6. The lowest BCUT2D eigenvalue weighted by Crippen LogP contribution is -2.41. The zero-order valence-corrected chi connectivity index (χ0v) is 16.1. The first kappa shape index (κ1) is 19.0. The van der Waals surface area contributed by atoms with E-state index in [4.69, 9.17) is 4.98 Å². The van der Waals surface area contributed by atoms with Gasteiger partial charge in [0.15, 0.2) is 5.16 Å². The lowest BCUT2D eigenvalue weighted by molar-refractivity contribution is -0.119. The number of nitrogens with zero attached hydrogens (tertiary/aromatic N) is 2. The summed E-state index contributed by atoms with van der Waals surface area (Å²) in [6.45, 7) is 2.53. The maximum Gasteiger partial charge on any atom is 0.321 e. The highest BCUT2D eigenvalue weighted by Crippen LogP contribution is 2.27. The summed E-state index contributed by atoms with van der Waals surface area (Å²) in [7, 11) is 1.48. The van der Waals surface area contributed by atoms with Crippen molar-refractivity contribution >= 4 is 34.7 Å². The highest BCUT2D eigenvalue weighted by atomic mass is 32.2. The van der Waals surface area contributed by atoms with Crippen LogP contribution in [0.25, 0.3) is 11.0 Å². The molecule has 1 atom stereocenters. The van der Waals surface area contributed by atoms with Crippen molar-refractivity contribution in [2.24, 2.45) is 0 Å². The van der Waals surface area contributed by atoms with Crippen LogP contribution in [0.15, 0.2) is 59.8 Å². The summed E-state index contributed by atoms with van der Waals surface area (Å²) in [5.41, 5.74) is 3.18. The van der Waals surface area contributed by atoms with Crippen molar-refractivity contribution in [2.45, 2.75) is 30.3 Å². The van der Waals surface area contributed by atoms with Gasteiger partial charge in [-0.3, -0.25) is 10.1 Å². The number of imide groups is 1. The van der Waals surface area contributed by atoms with Crippen LogP contribution in [0.4, 0.5) is 4.79 Å². The van der Waals surface area contributed by atoms with Gasteiger partial charge >= 0.3 is 6.03 Å². The first-order valence-electron chi connectivity index (χ1n) is 8.77. The van der Waals surface area contributed by atoms with Gasteiger partial charge in [0.05, 0.1) is 16.3 Å². The third-order valence-electron chi connectivity index (χ3n) is 4.20. The number of imidazole rings is 1. The quantitative estimate of drug-likeness (QED) is 0.642. The van der Waals surface area contributed by atoms with E-state index in [-0.39, 0.29) is 5.91 Å². The Hall–Kier alpha value is -2.80. The third kappa shape index (κ3) is 4.68. The molecule has 1 heterocycles. The van der Waals surface area contributed by atoms with Gasteiger partial charge in [-0.1, -0.05) is 54.2 Å². The van der Waals surface area contributed by atoms with E-state index in [2.05, 4.69) is 27.3 Å². The van der Waals surface area contributed by atoms with Crippen LogP contribution < -0.4 is 10.6 Å². The fourth-order valence-electron chi connectivity index (χ4n) is 2.73. The molecule has 1 unspecified atom stereocenters. The largest absolute Gasteiger partial charge is 0.341 e. The van der Waals surface area contributed by atoms with Gasteiger partial charge in [-0.05, 0) is 31.0 Å². The number of hydrogen-bond acceptors (Lipinski definition) is 4. The number of aromatic nitrogens is 2. The molecule has 140 valence electrons. The minimum Gasteiger partial charge on any atom is -0.341 e. The number of fused-ring (bicyclic) bond motifs is 1. The lowest BCUT2D eigenvalue weighted by Gasteiger charge is -2.13. The van der Waals surface area contributed by atoms with Crippen LogP contribution in [0.5, 0.6) is 0 Å². The Morgan fingerprint density at radius 2 is 1.81 bits per heavy atom. The van der Waals surface area contributed by atoms with Gasteiger partial charge in [-0.25, -0.2) is 9.78 Å². The molecule has 3 amide bonds. The Balaban J connectivity index is 1.81. The number of aryl methyl sites for hydroxylation is 2. The highest BCUT2D eigenvalue weighted by Gasteiger charge is 2.20. The normalized spacial score (nSPS) is 11.9. The summed E-state index contributed by atoms with van der Waals surface area (Å²) in [6.07, 6.45) is 0.869. The van der Waals surface area contributed by atoms with Gasteiger partial charge in [0.1, 0.15) is 0 Å². The molecule has 0 aliphatic rings. The van der Waals surface area contributed by atoms with Crippen molar-refractivity contribution in [1.82, 2.24) is 20.2 Å². The van der Waals surface area contributed by atoms with E-state index in [9.17, 15) is 9.59 Å².